The molecule has 6 nitrogen and oxygen atoms in total. The molecule has 1 heterocycles. The molecule has 1 aliphatic heterocycles. The Morgan fingerprint density at radius 3 is 2.23 bits per heavy atom. The van der Waals surface area contributed by atoms with Gasteiger partial charge >= 0.3 is 0 Å². The third-order valence-electron chi connectivity index (χ3n) is 5.37. The van der Waals surface area contributed by atoms with Crippen molar-refractivity contribution >= 4 is 17.4 Å². The van der Waals surface area contributed by atoms with Crippen molar-refractivity contribution in [2.45, 2.75) is 32.7 Å². The van der Waals surface area contributed by atoms with E-state index >= 15 is 0 Å². The molecule has 2 aromatic carbocycles. The van der Waals surface area contributed by atoms with Crippen LogP contribution < -0.4 is 9.47 Å². The number of ketones is 1. The molecule has 0 aliphatic carbocycles. The van der Waals surface area contributed by atoms with Crippen molar-refractivity contribution in [3.63, 3.8) is 0 Å². The van der Waals surface area contributed by atoms with E-state index < -0.39 is 17.7 Å². The fraction of sp³-hybridized carbons (Fsp3) is 0.333. The molecule has 0 saturated carbocycles. The number of hydrogen-bond acceptors (Lipinski definition) is 5. The first-order valence-electron chi connectivity index (χ1n) is 10.1. The zero-order chi connectivity index (χ0) is 21.8. The van der Waals surface area contributed by atoms with E-state index in [1.807, 2.05) is 31.2 Å². The highest BCUT2D eigenvalue weighted by molar-refractivity contribution is 6.46. The number of carbonyl (C=O) groups is 2. The van der Waals surface area contributed by atoms with Crippen LogP contribution in [0.3, 0.4) is 0 Å². The van der Waals surface area contributed by atoms with Gasteiger partial charge < -0.3 is 19.5 Å². The second-order valence-corrected chi connectivity index (χ2v) is 7.16. The zero-order valence-corrected chi connectivity index (χ0v) is 17.8. The van der Waals surface area contributed by atoms with Gasteiger partial charge in [-0.25, -0.2) is 0 Å². The maximum absolute atomic E-state index is 12.9. The molecule has 1 unspecified atom stereocenters. The van der Waals surface area contributed by atoms with Crippen LogP contribution in [0, 0.1) is 0 Å². The molecule has 1 atom stereocenters. The highest BCUT2D eigenvalue weighted by Gasteiger charge is 2.45. The van der Waals surface area contributed by atoms with Gasteiger partial charge in [-0.05, 0) is 42.2 Å². The average molecular weight is 409 g/mol. The largest absolute Gasteiger partial charge is 0.507 e. The minimum absolute atomic E-state index is 0.0879. The van der Waals surface area contributed by atoms with Crippen LogP contribution in [-0.2, 0) is 16.0 Å². The van der Waals surface area contributed by atoms with E-state index in [4.69, 9.17) is 9.47 Å². The zero-order valence-electron chi connectivity index (χ0n) is 17.8. The maximum atomic E-state index is 12.9. The fourth-order valence-corrected chi connectivity index (χ4v) is 3.77. The highest BCUT2D eigenvalue weighted by Crippen LogP contribution is 2.40. The van der Waals surface area contributed by atoms with Crippen LogP contribution >= 0.6 is 0 Å². The van der Waals surface area contributed by atoms with Gasteiger partial charge in [0.05, 0.1) is 25.8 Å². The van der Waals surface area contributed by atoms with Crippen LogP contribution in [0.15, 0.2) is 48.0 Å². The van der Waals surface area contributed by atoms with E-state index in [0.717, 1.165) is 17.5 Å². The van der Waals surface area contributed by atoms with Crippen LogP contribution in [0.4, 0.5) is 0 Å². The number of aliphatic hydroxyl groups is 1. The van der Waals surface area contributed by atoms with Crippen LogP contribution in [0.25, 0.3) is 5.76 Å². The molecule has 0 aromatic heterocycles. The molecular weight excluding hydrogens is 382 g/mol. The van der Waals surface area contributed by atoms with E-state index in [1.165, 1.54) is 19.1 Å². The number of amides is 1. The van der Waals surface area contributed by atoms with Crippen molar-refractivity contribution in [3.8, 4) is 11.5 Å². The van der Waals surface area contributed by atoms with Gasteiger partial charge in [0.15, 0.2) is 11.5 Å². The highest BCUT2D eigenvalue weighted by atomic mass is 16.5. The number of nitrogens with zero attached hydrogens (tertiary/aromatic N) is 1. The minimum atomic E-state index is -0.680. The molecule has 1 fully saturated rings. The molecule has 30 heavy (non-hydrogen) atoms. The normalized spacial score (nSPS) is 18.0. The number of aliphatic hydroxyl groups excluding tert-OH is 1. The Morgan fingerprint density at radius 1 is 1.00 bits per heavy atom. The molecular formula is C24H27NO5. The Kier molecular flexibility index (Phi) is 6.45. The SMILES string of the molecule is CCCN1C(=O)C(=O)/C(=C(\O)c2ccc(OC)c(OC)c2)C1c1ccc(CC)cc1. The Labute approximate surface area is 176 Å². The summed E-state index contributed by atoms with van der Waals surface area (Å²) in [4.78, 5) is 27.2. The van der Waals surface area contributed by atoms with Crippen LogP contribution in [0.5, 0.6) is 11.5 Å². The summed E-state index contributed by atoms with van der Waals surface area (Å²) in [6.07, 6.45) is 1.59. The first-order chi connectivity index (χ1) is 14.5. The smallest absolute Gasteiger partial charge is 0.295 e. The van der Waals surface area contributed by atoms with Gasteiger partial charge in [-0.1, -0.05) is 38.1 Å². The number of benzene rings is 2. The van der Waals surface area contributed by atoms with Crippen LogP contribution in [-0.4, -0.2) is 42.5 Å². The van der Waals surface area contributed by atoms with Gasteiger partial charge in [0.1, 0.15) is 5.76 Å². The van der Waals surface area contributed by atoms with Crippen molar-refractivity contribution < 1.29 is 24.2 Å². The predicted molar refractivity (Wildman–Crippen MR) is 115 cm³/mol. The Bertz CT molecular complexity index is 978. The molecule has 2 aromatic rings. The van der Waals surface area contributed by atoms with Gasteiger partial charge in [-0.3, -0.25) is 9.59 Å². The summed E-state index contributed by atoms with van der Waals surface area (Å²) in [7, 11) is 3.02. The van der Waals surface area contributed by atoms with E-state index in [9.17, 15) is 14.7 Å². The molecule has 0 bridgehead atoms. The molecule has 0 spiro atoms. The van der Waals surface area contributed by atoms with Gasteiger partial charge in [-0.15, -0.1) is 0 Å². The Balaban J connectivity index is 2.17. The van der Waals surface area contributed by atoms with Crippen molar-refractivity contribution in [1.29, 1.82) is 0 Å². The fourth-order valence-electron chi connectivity index (χ4n) is 3.77. The van der Waals surface area contributed by atoms with Crippen molar-refractivity contribution in [1.82, 2.24) is 4.90 Å². The number of ether oxygens (including phenoxy) is 2. The van der Waals surface area contributed by atoms with E-state index in [-0.39, 0.29) is 11.3 Å². The molecule has 1 N–H and O–H groups in total. The Morgan fingerprint density at radius 2 is 1.67 bits per heavy atom. The Hall–Kier alpha value is -3.28. The lowest BCUT2D eigenvalue weighted by molar-refractivity contribution is -0.139. The molecule has 0 radical (unpaired) electrons. The first-order valence-corrected chi connectivity index (χ1v) is 10.1. The number of carbonyl (C=O) groups excluding carboxylic acids is 2. The van der Waals surface area contributed by atoms with E-state index in [1.54, 1.807) is 18.2 Å². The number of likely N-dealkylation sites (tertiary alicyclic amines) is 1. The summed E-state index contributed by atoms with van der Waals surface area (Å²) in [5.74, 6) is -0.568. The molecule has 3 rings (SSSR count). The van der Waals surface area contributed by atoms with Gasteiger partial charge in [0.25, 0.3) is 11.7 Å². The maximum Gasteiger partial charge on any atom is 0.295 e. The summed E-state index contributed by atoms with van der Waals surface area (Å²) in [6, 6.07) is 12.1. The number of hydrogen-bond donors (Lipinski definition) is 1. The quantitative estimate of drug-likeness (QED) is 0.423. The van der Waals surface area contributed by atoms with E-state index in [2.05, 4.69) is 6.92 Å². The number of aryl methyl sites for hydroxylation is 1. The van der Waals surface area contributed by atoms with Crippen molar-refractivity contribution in [3.05, 3.63) is 64.7 Å². The standard InChI is InChI=1S/C24H27NO5/c1-5-13-25-21(16-9-7-15(6-2)8-10-16)20(23(27)24(25)28)22(26)17-11-12-18(29-3)19(14-17)30-4/h7-12,14,21,26H,5-6,13H2,1-4H3/b22-20-. The average Bonchev–Trinajstić information content (AvgIpc) is 3.03. The summed E-state index contributed by atoms with van der Waals surface area (Å²) >= 11 is 0. The lowest BCUT2D eigenvalue weighted by atomic mass is 9.94. The lowest BCUT2D eigenvalue weighted by Crippen LogP contribution is -2.30. The third-order valence-corrected chi connectivity index (χ3v) is 5.37. The monoisotopic (exact) mass is 409 g/mol. The topological polar surface area (TPSA) is 76.1 Å². The summed E-state index contributed by atoms with van der Waals surface area (Å²) in [6.45, 7) is 4.44. The number of Topliss-reactive ketones (excluding diaryl/α,β-unsaturated/α-hetero) is 1. The second kappa shape index (κ2) is 9.03. The first kappa shape index (κ1) is 21.4. The van der Waals surface area contributed by atoms with Crippen LogP contribution in [0.2, 0.25) is 0 Å². The van der Waals surface area contributed by atoms with Crippen molar-refractivity contribution in [2.24, 2.45) is 0 Å². The second-order valence-electron chi connectivity index (χ2n) is 7.16. The summed E-state index contributed by atoms with van der Waals surface area (Å²) in [5, 5.41) is 11.1. The lowest BCUT2D eigenvalue weighted by Gasteiger charge is -2.25. The van der Waals surface area contributed by atoms with Gasteiger partial charge in [-0.2, -0.15) is 0 Å². The van der Waals surface area contributed by atoms with Gasteiger partial charge in [0, 0.05) is 12.1 Å². The molecule has 1 amide bonds. The summed E-state index contributed by atoms with van der Waals surface area (Å²) < 4.78 is 10.6. The summed E-state index contributed by atoms with van der Waals surface area (Å²) in [5.41, 5.74) is 2.43. The van der Waals surface area contributed by atoms with Gasteiger partial charge in [0.2, 0.25) is 0 Å². The van der Waals surface area contributed by atoms with E-state index in [0.29, 0.717) is 30.0 Å². The number of rotatable bonds is 7. The molecule has 6 heteroatoms. The molecule has 1 saturated heterocycles. The molecule has 158 valence electrons. The predicted octanol–water partition coefficient (Wildman–Crippen LogP) is 4.10. The van der Waals surface area contributed by atoms with Crippen molar-refractivity contribution in [2.75, 3.05) is 20.8 Å². The van der Waals surface area contributed by atoms with Crippen LogP contribution in [0.1, 0.15) is 43.0 Å². The minimum Gasteiger partial charge on any atom is -0.507 e. The molecule has 1 aliphatic rings. The third kappa shape index (κ3) is 3.77. The number of methoxy groups -OCH3 is 2.